The van der Waals surface area contributed by atoms with E-state index in [1.807, 2.05) is 0 Å². The smallest absolute Gasteiger partial charge is 0.490 e. The Hall–Kier alpha value is -4.49. The summed E-state index contributed by atoms with van der Waals surface area (Å²) >= 11 is 0. The maximum atomic E-state index is 13.6. The molecule has 0 spiro atoms. The summed E-state index contributed by atoms with van der Waals surface area (Å²) in [5.41, 5.74) is 5.23. The van der Waals surface area contributed by atoms with Gasteiger partial charge in [0.05, 0.1) is 11.6 Å². The first-order chi connectivity index (χ1) is 23.9. The third kappa shape index (κ3) is 12.7. The number of unbranched alkanes of at least 4 members (excludes halogenated alkanes) is 1. The maximum Gasteiger partial charge on any atom is 0.490 e. The summed E-state index contributed by atoms with van der Waals surface area (Å²) in [6.45, 7) is 1.66. The van der Waals surface area contributed by atoms with Crippen LogP contribution in [0.4, 0.5) is 26.3 Å². The number of ether oxygens (including phenoxy) is 1. The molecule has 51 heavy (non-hydrogen) atoms. The Labute approximate surface area is 292 Å². The highest BCUT2D eigenvalue weighted by molar-refractivity contribution is 7.95. The van der Waals surface area contributed by atoms with E-state index in [2.05, 4.69) is 91.0 Å². The summed E-state index contributed by atoms with van der Waals surface area (Å²) in [5.74, 6) is -5.48. The SMILES string of the molecule is CN(CC1(C(=O)CCCC[P+](c2ccccc2)(c2ccccc2)c2ccccc2)CCOCC1)C(=N)N.O=C(O)C(F)(F)F.O=C([O-])C(F)(F)F. The first-order valence-electron chi connectivity index (χ1n) is 15.7. The molecule has 0 radical (unpaired) electrons. The molecule has 0 saturated carbocycles. The highest BCUT2D eigenvalue weighted by atomic mass is 31.2. The number of Topliss-reactive ketones (excluding diaryl/α,β-unsaturated/α-hetero) is 1. The van der Waals surface area contributed by atoms with Crippen LogP contribution in [0.3, 0.4) is 0 Å². The van der Waals surface area contributed by atoms with Crippen LogP contribution in [0, 0.1) is 10.8 Å². The van der Waals surface area contributed by atoms with Crippen LogP contribution in [-0.2, 0) is 19.1 Å². The van der Waals surface area contributed by atoms with Crippen molar-refractivity contribution in [2.24, 2.45) is 11.1 Å². The van der Waals surface area contributed by atoms with Gasteiger partial charge in [-0.3, -0.25) is 10.2 Å². The molecule has 4 rings (SSSR count). The van der Waals surface area contributed by atoms with Gasteiger partial charge in [-0.05, 0) is 62.1 Å². The average Bonchev–Trinajstić information content (AvgIpc) is 3.09. The molecule has 0 bridgehead atoms. The molecule has 9 nitrogen and oxygen atoms in total. The van der Waals surface area contributed by atoms with E-state index in [1.54, 1.807) is 11.9 Å². The molecule has 16 heteroatoms. The number of aliphatic carboxylic acids is 2. The summed E-state index contributed by atoms with van der Waals surface area (Å²) in [4.78, 5) is 33.0. The number of ketones is 1. The molecule has 278 valence electrons. The fourth-order valence-corrected chi connectivity index (χ4v) is 10.0. The predicted molar refractivity (Wildman–Crippen MR) is 181 cm³/mol. The zero-order valence-corrected chi connectivity index (χ0v) is 28.6. The Bertz CT molecular complexity index is 1430. The van der Waals surface area contributed by atoms with Crippen LogP contribution in [0.15, 0.2) is 91.0 Å². The number of carbonyl (C=O) groups excluding carboxylic acids is 2. The Morgan fingerprint density at radius 1 is 0.824 bits per heavy atom. The molecule has 3 aromatic carbocycles. The quantitative estimate of drug-likeness (QED) is 0.0865. The fourth-order valence-electron chi connectivity index (χ4n) is 5.61. The molecule has 0 unspecified atom stereocenters. The van der Waals surface area contributed by atoms with E-state index >= 15 is 0 Å². The minimum absolute atomic E-state index is 0.00170. The minimum atomic E-state index is -5.19. The number of benzene rings is 3. The summed E-state index contributed by atoms with van der Waals surface area (Å²) in [6, 6.07) is 32.7. The molecule has 1 heterocycles. The molecule has 1 aliphatic heterocycles. The normalized spacial score (nSPS) is 14.1. The number of carboxylic acids is 2. The summed E-state index contributed by atoms with van der Waals surface area (Å²) in [7, 11) is -0.0853. The molecule has 0 atom stereocenters. The number of carbonyl (C=O) groups is 3. The van der Waals surface area contributed by atoms with Gasteiger partial charge >= 0.3 is 18.3 Å². The third-order valence-corrected chi connectivity index (χ3v) is 12.7. The molecule has 0 amide bonds. The van der Waals surface area contributed by atoms with Crippen LogP contribution < -0.4 is 26.8 Å². The molecular formula is C35H40F6N3O6P. The van der Waals surface area contributed by atoms with Crippen LogP contribution >= 0.6 is 7.26 Å². The second-order valence-corrected chi connectivity index (χ2v) is 15.3. The number of guanidine groups is 1. The van der Waals surface area contributed by atoms with Crippen molar-refractivity contribution >= 4 is 46.9 Å². The van der Waals surface area contributed by atoms with Gasteiger partial charge in [0.25, 0.3) is 0 Å². The van der Waals surface area contributed by atoms with Gasteiger partial charge in [-0.2, -0.15) is 26.3 Å². The van der Waals surface area contributed by atoms with E-state index in [9.17, 15) is 31.1 Å². The molecule has 1 saturated heterocycles. The lowest BCUT2D eigenvalue weighted by atomic mass is 9.74. The molecule has 0 aliphatic carbocycles. The van der Waals surface area contributed by atoms with Crippen LogP contribution in [0.2, 0.25) is 0 Å². The maximum absolute atomic E-state index is 13.6. The van der Waals surface area contributed by atoms with E-state index in [1.165, 1.54) is 15.9 Å². The summed E-state index contributed by atoms with van der Waals surface area (Å²) < 4.78 is 68.9. The number of nitrogens with one attached hydrogen (secondary N) is 1. The van der Waals surface area contributed by atoms with Crippen molar-refractivity contribution in [1.82, 2.24) is 4.90 Å². The van der Waals surface area contributed by atoms with Gasteiger partial charge in [-0.1, -0.05) is 54.6 Å². The second-order valence-electron chi connectivity index (χ2n) is 11.6. The number of rotatable bonds is 11. The molecule has 1 fully saturated rings. The predicted octanol–water partition coefficient (Wildman–Crippen LogP) is 4.27. The lowest BCUT2D eigenvalue weighted by molar-refractivity contribution is -0.344. The Morgan fingerprint density at radius 3 is 1.51 bits per heavy atom. The van der Waals surface area contributed by atoms with Crippen LogP contribution in [0.1, 0.15) is 32.1 Å². The van der Waals surface area contributed by atoms with E-state index in [-0.39, 0.29) is 11.7 Å². The Morgan fingerprint density at radius 2 is 1.20 bits per heavy atom. The number of alkyl halides is 6. The zero-order chi connectivity index (χ0) is 38.3. The Kier molecular flexibility index (Phi) is 16.1. The van der Waals surface area contributed by atoms with E-state index in [4.69, 9.17) is 35.7 Å². The topological polar surface area (TPSA) is 157 Å². The van der Waals surface area contributed by atoms with Gasteiger partial charge < -0.3 is 30.4 Å². The minimum Gasteiger partial charge on any atom is -0.542 e. The van der Waals surface area contributed by atoms with E-state index in [0.717, 1.165) is 19.0 Å². The molecular weight excluding hydrogens is 703 g/mol. The van der Waals surface area contributed by atoms with Gasteiger partial charge in [0.2, 0.25) is 0 Å². The van der Waals surface area contributed by atoms with Crippen LogP contribution in [0.5, 0.6) is 0 Å². The zero-order valence-electron chi connectivity index (χ0n) is 27.8. The standard InChI is InChI=1S/C31H39N3O2P.2C2HF3O2/c1-34(30(32)33)25-31(20-22-36-23-21-31)29(35)19-11-12-24-37(26-13-5-2-6-14-26,27-15-7-3-8-16-27)28-17-9-4-10-18-28;2*3-2(4,5)1(6)7/h2-10,13-18H,11-12,19-25H2,1H3,(H3,32,33);2*(H,6,7)/q+1;;/p-1. The fraction of sp³-hybridized carbons (Fsp3) is 0.371. The molecule has 4 N–H and O–H groups in total. The van der Waals surface area contributed by atoms with Crippen LogP contribution in [0.25, 0.3) is 0 Å². The number of hydrogen-bond donors (Lipinski definition) is 3. The van der Waals surface area contributed by atoms with Crippen LogP contribution in [-0.4, -0.2) is 79.0 Å². The number of nitrogens with two attached hydrogens (primary N) is 1. The van der Waals surface area contributed by atoms with Crippen molar-refractivity contribution in [2.45, 2.75) is 44.5 Å². The van der Waals surface area contributed by atoms with Gasteiger partial charge in [0, 0.05) is 33.2 Å². The molecule has 0 aromatic heterocycles. The van der Waals surface area contributed by atoms with Crippen molar-refractivity contribution in [3.8, 4) is 0 Å². The largest absolute Gasteiger partial charge is 0.542 e. The monoisotopic (exact) mass is 743 g/mol. The van der Waals surface area contributed by atoms with Crippen molar-refractivity contribution in [3.63, 3.8) is 0 Å². The summed E-state index contributed by atoms with van der Waals surface area (Å²) in [6.07, 6.45) is -5.52. The highest BCUT2D eigenvalue weighted by Gasteiger charge is 2.45. The second kappa shape index (κ2) is 19.2. The lowest BCUT2D eigenvalue weighted by Crippen LogP contribution is -2.48. The van der Waals surface area contributed by atoms with Crippen molar-refractivity contribution in [2.75, 3.05) is 33.0 Å². The van der Waals surface area contributed by atoms with Gasteiger partial charge in [-0.15, -0.1) is 0 Å². The third-order valence-electron chi connectivity index (χ3n) is 8.20. The number of carboxylic acid groups (broad SMARTS) is 2. The van der Waals surface area contributed by atoms with Gasteiger partial charge in [0.15, 0.2) is 5.96 Å². The molecule has 3 aromatic rings. The average molecular weight is 744 g/mol. The van der Waals surface area contributed by atoms with E-state index < -0.39 is 37.0 Å². The number of nitrogens with zero attached hydrogens (tertiary/aromatic N) is 1. The first-order valence-corrected chi connectivity index (χ1v) is 17.6. The first kappa shape index (κ1) is 42.7. The van der Waals surface area contributed by atoms with Crippen molar-refractivity contribution in [1.29, 1.82) is 5.41 Å². The number of hydrogen-bond acceptors (Lipinski definition) is 6. The van der Waals surface area contributed by atoms with Gasteiger partial charge in [0.1, 0.15) is 34.9 Å². The highest BCUT2D eigenvalue weighted by Crippen LogP contribution is 2.56. The van der Waals surface area contributed by atoms with Gasteiger partial charge in [-0.25, -0.2) is 4.79 Å². The Balaban J connectivity index is 0.000000543. The molecule has 1 aliphatic rings. The van der Waals surface area contributed by atoms with E-state index in [0.29, 0.717) is 39.0 Å². The lowest BCUT2D eigenvalue weighted by Gasteiger charge is -2.39. The van der Waals surface area contributed by atoms with Crippen molar-refractivity contribution < 1.29 is 55.7 Å². The number of halogens is 6. The summed E-state index contributed by atoms with van der Waals surface area (Å²) in [5, 5.41) is 27.8. The van der Waals surface area contributed by atoms with Crippen molar-refractivity contribution in [3.05, 3.63) is 91.0 Å².